The summed E-state index contributed by atoms with van der Waals surface area (Å²) in [7, 11) is 0. The van der Waals surface area contributed by atoms with Crippen molar-refractivity contribution >= 4 is 51.5 Å². The number of carbonyl (C=O) groups is 4. The number of ether oxygens (including phenoxy) is 2. The molecule has 2 aromatic rings. The van der Waals surface area contributed by atoms with Gasteiger partial charge in [-0.3, -0.25) is 14.9 Å². The maximum Gasteiger partial charge on any atom is 0.335 e. The normalized spacial score (nSPS) is 15.1. The first-order valence-electron chi connectivity index (χ1n) is 9.07. The number of benzene rings is 2. The fourth-order valence-corrected chi connectivity index (χ4v) is 3.42. The molecule has 3 rings (SSSR count). The summed E-state index contributed by atoms with van der Waals surface area (Å²) in [6, 6.07) is 10.3. The highest BCUT2D eigenvalue weighted by molar-refractivity contribution is 9.10. The third kappa shape index (κ3) is 4.92. The number of amides is 4. The Hall–Kier alpha value is -3.66. The molecule has 0 unspecified atom stereocenters. The van der Waals surface area contributed by atoms with Crippen molar-refractivity contribution in [2.45, 2.75) is 6.92 Å². The van der Waals surface area contributed by atoms with Crippen molar-refractivity contribution in [2.24, 2.45) is 0 Å². The summed E-state index contributed by atoms with van der Waals surface area (Å²) in [6.45, 7) is 1.29. The van der Waals surface area contributed by atoms with Gasteiger partial charge in [0.1, 0.15) is 12.2 Å². The molecule has 1 saturated heterocycles. The number of carbonyl (C=O) groups excluding carboxylic acids is 4. The Labute approximate surface area is 185 Å². The molecule has 9 nitrogen and oxygen atoms in total. The number of barbiturate groups is 1. The van der Waals surface area contributed by atoms with Crippen LogP contribution in [0.1, 0.15) is 12.5 Å². The number of aliphatic carboxylic acids is 1. The first kappa shape index (κ1) is 22.0. The van der Waals surface area contributed by atoms with Gasteiger partial charge in [0.05, 0.1) is 22.7 Å². The number of nitrogens with zero attached hydrogens (tertiary/aromatic N) is 1. The Kier molecular flexibility index (Phi) is 6.71. The summed E-state index contributed by atoms with van der Waals surface area (Å²) in [5.41, 5.74) is 0.434. The Bertz CT molecular complexity index is 1080. The Morgan fingerprint density at radius 3 is 2.52 bits per heavy atom. The molecule has 1 aliphatic rings. The second-order valence-electron chi connectivity index (χ2n) is 6.22. The minimum absolute atomic E-state index is 0.133. The zero-order valence-electron chi connectivity index (χ0n) is 16.2. The van der Waals surface area contributed by atoms with Crippen LogP contribution in [0.4, 0.5) is 10.5 Å². The van der Waals surface area contributed by atoms with Crippen LogP contribution in [-0.2, 0) is 14.4 Å². The molecule has 1 N–H and O–H groups in total. The molecule has 0 bridgehead atoms. The molecule has 0 aliphatic carbocycles. The van der Waals surface area contributed by atoms with Gasteiger partial charge in [0.25, 0.3) is 11.8 Å². The van der Waals surface area contributed by atoms with Gasteiger partial charge in [-0.1, -0.05) is 18.2 Å². The highest BCUT2D eigenvalue weighted by Crippen LogP contribution is 2.37. The van der Waals surface area contributed by atoms with E-state index < -0.39 is 30.4 Å². The highest BCUT2D eigenvalue weighted by atomic mass is 79.9. The monoisotopic (exact) mass is 487 g/mol. The van der Waals surface area contributed by atoms with Gasteiger partial charge in [0.15, 0.2) is 11.5 Å². The van der Waals surface area contributed by atoms with E-state index >= 15 is 0 Å². The number of urea groups is 1. The second kappa shape index (κ2) is 9.43. The van der Waals surface area contributed by atoms with Gasteiger partial charge in [-0.15, -0.1) is 0 Å². The van der Waals surface area contributed by atoms with Crippen molar-refractivity contribution in [2.75, 3.05) is 18.1 Å². The average molecular weight is 488 g/mol. The van der Waals surface area contributed by atoms with Crippen molar-refractivity contribution in [1.29, 1.82) is 0 Å². The molecule has 1 aliphatic heterocycles. The van der Waals surface area contributed by atoms with E-state index in [4.69, 9.17) is 9.47 Å². The summed E-state index contributed by atoms with van der Waals surface area (Å²) >= 11 is 3.27. The first-order chi connectivity index (χ1) is 14.8. The highest BCUT2D eigenvalue weighted by Gasteiger charge is 2.36. The van der Waals surface area contributed by atoms with Crippen LogP contribution in [0.5, 0.6) is 11.5 Å². The predicted molar refractivity (Wildman–Crippen MR) is 111 cm³/mol. The number of hydrogen-bond donors (Lipinski definition) is 1. The molecule has 0 spiro atoms. The van der Waals surface area contributed by atoms with Crippen LogP contribution >= 0.6 is 15.9 Å². The molecule has 1 heterocycles. The molecular formula is C21H16BrN2O7-. The molecule has 1 fully saturated rings. The molecule has 0 radical (unpaired) electrons. The van der Waals surface area contributed by atoms with Crippen LogP contribution < -0.4 is 24.8 Å². The Morgan fingerprint density at radius 1 is 1.16 bits per heavy atom. The molecule has 2 aromatic carbocycles. The maximum atomic E-state index is 12.9. The summed E-state index contributed by atoms with van der Waals surface area (Å²) in [5, 5.41) is 12.9. The fourth-order valence-electron chi connectivity index (χ4n) is 2.84. The van der Waals surface area contributed by atoms with Crippen molar-refractivity contribution in [3.8, 4) is 11.5 Å². The number of imide groups is 2. The number of rotatable bonds is 7. The molecule has 0 atom stereocenters. The average Bonchev–Trinajstić information content (AvgIpc) is 2.71. The predicted octanol–water partition coefficient (Wildman–Crippen LogP) is 1.64. The van der Waals surface area contributed by atoms with E-state index in [1.54, 1.807) is 37.3 Å². The van der Waals surface area contributed by atoms with E-state index in [1.165, 1.54) is 18.2 Å². The minimum atomic E-state index is -1.41. The zero-order chi connectivity index (χ0) is 22.5. The number of hydrogen-bond acceptors (Lipinski definition) is 7. The van der Waals surface area contributed by atoms with Gasteiger partial charge >= 0.3 is 6.03 Å². The van der Waals surface area contributed by atoms with Crippen LogP contribution in [0.25, 0.3) is 6.08 Å². The minimum Gasteiger partial charge on any atom is -0.546 e. The number of carboxylic acid groups (broad SMARTS) is 1. The topological polar surface area (TPSA) is 125 Å². The summed E-state index contributed by atoms with van der Waals surface area (Å²) in [4.78, 5) is 49.1. The largest absolute Gasteiger partial charge is 0.546 e. The lowest BCUT2D eigenvalue weighted by Crippen LogP contribution is -2.54. The summed E-state index contributed by atoms with van der Waals surface area (Å²) in [5.74, 6) is -2.70. The third-order valence-electron chi connectivity index (χ3n) is 4.09. The van der Waals surface area contributed by atoms with Crippen LogP contribution in [0, 0.1) is 0 Å². The Morgan fingerprint density at radius 2 is 1.87 bits per heavy atom. The van der Waals surface area contributed by atoms with E-state index in [1.807, 2.05) is 0 Å². The van der Waals surface area contributed by atoms with E-state index in [0.717, 1.165) is 4.90 Å². The molecule has 0 aromatic heterocycles. The first-order valence-corrected chi connectivity index (χ1v) is 9.86. The maximum absolute atomic E-state index is 12.9. The van der Waals surface area contributed by atoms with Crippen LogP contribution in [0.15, 0.2) is 52.5 Å². The number of carboxylic acids is 1. The second-order valence-corrected chi connectivity index (χ2v) is 7.07. The zero-order valence-corrected chi connectivity index (χ0v) is 17.8. The van der Waals surface area contributed by atoms with Gasteiger partial charge in [0, 0.05) is 0 Å². The number of nitrogens with one attached hydrogen (secondary N) is 1. The van der Waals surface area contributed by atoms with Gasteiger partial charge in [-0.25, -0.2) is 9.69 Å². The van der Waals surface area contributed by atoms with Crippen molar-refractivity contribution in [1.82, 2.24) is 5.32 Å². The molecule has 0 saturated carbocycles. The quantitative estimate of drug-likeness (QED) is 0.464. The lowest BCUT2D eigenvalue weighted by molar-refractivity contribution is -0.307. The lowest BCUT2D eigenvalue weighted by atomic mass is 10.1. The van der Waals surface area contributed by atoms with Crippen molar-refractivity contribution < 1.29 is 33.8 Å². The van der Waals surface area contributed by atoms with Crippen LogP contribution in [-0.4, -0.2) is 37.0 Å². The fraction of sp³-hybridized carbons (Fsp3) is 0.143. The van der Waals surface area contributed by atoms with Gasteiger partial charge in [-0.2, -0.15) is 0 Å². The third-order valence-corrected chi connectivity index (χ3v) is 4.68. The Balaban J connectivity index is 2.00. The SMILES string of the molecule is CCOc1cc(/C=C2\C(=O)NC(=O)N(c3ccccc3)C2=O)cc(Br)c1OCC(=O)[O-]. The van der Waals surface area contributed by atoms with Gasteiger partial charge in [0.2, 0.25) is 0 Å². The van der Waals surface area contributed by atoms with Crippen LogP contribution in [0.2, 0.25) is 0 Å². The number of halogens is 1. The number of para-hydroxylation sites is 1. The molecular weight excluding hydrogens is 472 g/mol. The van der Waals surface area contributed by atoms with E-state index in [-0.39, 0.29) is 23.7 Å². The molecule has 10 heteroatoms. The number of anilines is 1. The van der Waals surface area contributed by atoms with E-state index in [0.29, 0.717) is 15.7 Å². The summed E-state index contributed by atoms with van der Waals surface area (Å²) < 4.78 is 11.0. The smallest absolute Gasteiger partial charge is 0.335 e. The van der Waals surface area contributed by atoms with E-state index in [2.05, 4.69) is 21.2 Å². The molecule has 31 heavy (non-hydrogen) atoms. The standard InChI is InChI=1S/C21H17BrN2O7/c1-2-30-16-10-12(9-15(22)18(16)31-11-17(25)26)8-14-19(27)23-21(29)24(20(14)28)13-6-4-3-5-7-13/h3-10H,2,11H2,1H3,(H,25,26)(H,23,27,29)/p-1/b14-8+. The van der Waals surface area contributed by atoms with E-state index in [9.17, 15) is 24.3 Å². The van der Waals surface area contributed by atoms with Crippen molar-refractivity contribution in [3.63, 3.8) is 0 Å². The van der Waals surface area contributed by atoms with Crippen molar-refractivity contribution in [3.05, 3.63) is 58.1 Å². The molecule has 160 valence electrons. The molecule has 4 amide bonds. The lowest BCUT2D eigenvalue weighted by Gasteiger charge is -2.26. The summed E-state index contributed by atoms with van der Waals surface area (Å²) in [6.07, 6.45) is 1.30. The van der Waals surface area contributed by atoms with Gasteiger partial charge < -0.3 is 19.4 Å². The van der Waals surface area contributed by atoms with Crippen LogP contribution in [0.3, 0.4) is 0 Å². The van der Waals surface area contributed by atoms with Gasteiger partial charge in [-0.05, 0) is 58.8 Å².